The number of fused-ring (bicyclic) bond motifs is 1. The maximum atomic E-state index is 12.2. The van der Waals surface area contributed by atoms with Gasteiger partial charge in [-0.3, -0.25) is 14.5 Å². The van der Waals surface area contributed by atoms with Crippen molar-refractivity contribution in [2.75, 3.05) is 18.4 Å². The molecule has 27 heavy (non-hydrogen) atoms. The summed E-state index contributed by atoms with van der Waals surface area (Å²) in [4.78, 5) is 16.0. The molecule has 0 radical (unpaired) electrons. The van der Waals surface area contributed by atoms with Gasteiger partial charge < -0.3 is 15.8 Å². The lowest BCUT2D eigenvalue weighted by atomic mass is 10.1. The van der Waals surface area contributed by atoms with Gasteiger partial charge in [0.25, 0.3) is 0 Å². The lowest BCUT2D eigenvalue weighted by Crippen LogP contribution is -2.48. The van der Waals surface area contributed by atoms with E-state index >= 15 is 0 Å². The predicted octanol–water partition coefficient (Wildman–Crippen LogP) is 0.983. The molecule has 4 N–H and O–H groups in total. The molecule has 1 aromatic carbocycles. The number of benzene rings is 1. The Labute approximate surface area is 158 Å². The van der Waals surface area contributed by atoms with Crippen LogP contribution in [0.3, 0.4) is 0 Å². The maximum absolute atomic E-state index is 12.2. The first-order chi connectivity index (χ1) is 12.5. The van der Waals surface area contributed by atoms with Gasteiger partial charge in [-0.2, -0.15) is 8.42 Å². The minimum absolute atomic E-state index is 0.129. The number of amides is 1. The van der Waals surface area contributed by atoms with E-state index in [1.54, 1.807) is 38.2 Å². The standard InChI is InChI=1S/C17H23N5O4S/c1-11(8-9-19-4)16(23)20-17(2,3)10-26-13-7-5-6-12-14(13)15(18)22-27(24,25)21-12/h5-9,21H,10H2,1-4H3,(H2,18,22)(H,20,23)/b11-8+,19-9?. The molecule has 0 bridgehead atoms. The van der Waals surface area contributed by atoms with Gasteiger partial charge in [-0.1, -0.05) is 6.07 Å². The van der Waals surface area contributed by atoms with Crippen LogP contribution in [-0.4, -0.2) is 45.6 Å². The Kier molecular flexibility index (Phi) is 5.89. The lowest BCUT2D eigenvalue weighted by Gasteiger charge is -2.27. The Bertz CT molecular complexity index is 933. The van der Waals surface area contributed by atoms with Crippen molar-refractivity contribution in [2.45, 2.75) is 26.3 Å². The lowest BCUT2D eigenvalue weighted by molar-refractivity contribution is -0.119. The average Bonchev–Trinajstić information content (AvgIpc) is 2.56. The zero-order chi connectivity index (χ0) is 20.2. The molecule has 0 aliphatic carbocycles. The Morgan fingerprint density at radius 2 is 2.15 bits per heavy atom. The summed E-state index contributed by atoms with van der Waals surface area (Å²) >= 11 is 0. The number of allylic oxidation sites excluding steroid dienone is 1. The number of aliphatic imine (C=N–C) groups is 1. The second-order valence-electron chi connectivity index (χ2n) is 6.62. The summed E-state index contributed by atoms with van der Waals surface area (Å²) < 4.78 is 34.8. The van der Waals surface area contributed by atoms with Gasteiger partial charge >= 0.3 is 10.2 Å². The van der Waals surface area contributed by atoms with Crippen LogP contribution in [0.1, 0.15) is 26.3 Å². The van der Waals surface area contributed by atoms with Crippen LogP contribution in [0, 0.1) is 0 Å². The summed E-state index contributed by atoms with van der Waals surface area (Å²) in [5, 5.41) is 2.87. The van der Waals surface area contributed by atoms with Crippen molar-refractivity contribution in [3.8, 4) is 5.75 Å². The molecule has 0 fully saturated rings. The Morgan fingerprint density at radius 1 is 1.44 bits per heavy atom. The van der Waals surface area contributed by atoms with Gasteiger partial charge in [0.1, 0.15) is 12.4 Å². The SMILES string of the molecule is CN=C/C=C(\C)C(=O)NC(C)(C)COc1cccc2c1C(N)=NS(=O)(=O)N2. The average molecular weight is 393 g/mol. The van der Waals surface area contributed by atoms with Crippen molar-refractivity contribution >= 4 is 33.9 Å². The predicted molar refractivity (Wildman–Crippen MR) is 106 cm³/mol. The number of nitrogens with zero attached hydrogens (tertiary/aromatic N) is 2. The van der Waals surface area contributed by atoms with Gasteiger partial charge in [0.05, 0.1) is 16.8 Å². The van der Waals surface area contributed by atoms with E-state index in [2.05, 4.69) is 19.4 Å². The number of hydrogen-bond donors (Lipinski definition) is 3. The Morgan fingerprint density at radius 3 is 2.81 bits per heavy atom. The summed E-state index contributed by atoms with van der Waals surface area (Å²) in [7, 11) is -2.23. The normalized spacial score (nSPS) is 16.3. The number of nitrogens with two attached hydrogens (primary N) is 1. The third-order valence-corrected chi connectivity index (χ3v) is 4.53. The topological polar surface area (TPSA) is 135 Å². The van der Waals surface area contributed by atoms with E-state index in [9.17, 15) is 13.2 Å². The molecule has 0 spiro atoms. The van der Waals surface area contributed by atoms with E-state index < -0.39 is 15.7 Å². The van der Waals surface area contributed by atoms with Crippen LogP contribution in [0.5, 0.6) is 5.75 Å². The van der Waals surface area contributed by atoms with Crippen molar-refractivity contribution < 1.29 is 17.9 Å². The van der Waals surface area contributed by atoms with Gasteiger partial charge in [0.2, 0.25) is 5.91 Å². The molecule has 9 nitrogen and oxygen atoms in total. The number of hydrogen-bond acceptors (Lipinski definition) is 6. The molecule has 1 aliphatic rings. The summed E-state index contributed by atoms with van der Waals surface area (Å²) in [5.41, 5.74) is 6.26. The molecule has 1 aromatic rings. The fourth-order valence-corrected chi connectivity index (χ4v) is 3.14. The monoisotopic (exact) mass is 393 g/mol. The summed E-state index contributed by atoms with van der Waals surface area (Å²) in [6.07, 6.45) is 3.15. The minimum atomic E-state index is -3.86. The first-order valence-corrected chi connectivity index (χ1v) is 9.54. The highest BCUT2D eigenvalue weighted by atomic mass is 32.2. The minimum Gasteiger partial charge on any atom is -0.490 e. The van der Waals surface area contributed by atoms with E-state index in [4.69, 9.17) is 10.5 Å². The van der Waals surface area contributed by atoms with E-state index in [0.717, 1.165) is 0 Å². The Balaban J connectivity index is 2.14. The van der Waals surface area contributed by atoms with Crippen molar-refractivity contribution in [1.29, 1.82) is 0 Å². The van der Waals surface area contributed by atoms with Gasteiger partial charge in [-0.05, 0) is 39.0 Å². The highest BCUT2D eigenvalue weighted by Gasteiger charge is 2.27. The largest absolute Gasteiger partial charge is 0.490 e. The molecule has 0 aromatic heterocycles. The third kappa shape index (κ3) is 5.30. The second kappa shape index (κ2) is 7.78. The van der Waals surface area contributed by atoms with Crippen LogP contribution in [0.25, 0.3) is 0 Å². The van der Waals surface area contributed by atoms with Gasteiger partial charge in [0.15, 0.2) is 5.84 Å². The molecule has 0 unspecified atom stereocenters. The van der Waals surface area contributed by atoms with Crippen molar-refractivity contribution in [3.05, 3.63) is 35.4 Å². The molecule has 10 heteroatoms. The fraction of sp³-hybridized carbons (Fsp3) is 0.353. The van der Waals surface area contributed by atoms with E-state index in [-0.39, 0.29) is 18.3 Å². The number of carbonyl (C=O) groups excluding carboxylic acids is 1. The van der Waals surface area contributed by atoms with Crippen LogP contribution in [-0.2, 0) is 15.0 Å². The fourth-order valence-electron chi connectivity index (χ4n) is 2.30. The zero-order valence-corrected chi connectivity index (χ0v) is 16.4. The molecule has 1 aliphatic heterocycles. The highest BCUT2D eigenvalue weighted by Crippen LogP contribution is 2.30. The quantitative estimate of drug-likeness (QED) is 0.489. The molecule has 2 rings (SSSR count). The maximum Gasteiger partial charge on any atom is 0.344 e. The number of amidine groups is 1. The van der Waals surface area contributed by atoms with Gasteiger partial charge in [-0.25, -0.2) is 0 Å². The molecule has 0 saturated heterocycles. The molecule has 1 amide bonds. The summed E-state index contributed by atoms with van der Waals surface area (Å²) in [6, 6.07) is 4.86. The molecule has 0 atom stereocenters. The molecule has 1 heterocycles. The van der Waals surface area contributed by atoms with Crippen LogP contribution in [0.4, 0.5) is 5.69 Å². The first-order valence-electron chi connectivity index (χ1n) is 8.10. The van der Waals surface area contributed by atoms with Crippen molar-refractivity contribution in [1.82, 2.24) is 5.32 Å². The van der Waals surface area contributed by atoms with Crippen LogP contribution >= 0.6 is 0 Å². The van der Waals surface area contributed by atoms with Crippen molar-refractivity contribution in [3.63, 3.8) is 0 Å². The van der Waals surface area contributed by atoms with Crippen LogP contribution < -0.4 is 20.5 Å². The number of rotatable bonds is 6. The van der Waals surface area contributed by atoms with Gasteiger partial charge in [0, 0.05) is 18.8 Å². The van der Waals surface area contributed by atoms with E-state index in [1.807, 2.05) is 13.8 Å². The molecule has 0 saturated carbocycles. The second-order valence-corrected chi connectivity index (χ2v) is 7.95. The number of ether oxygens (including phenoxy) is 1. The summed E-state index contributed by atoms with van der Waals surface area (Å²) in [6.45, 7) is 5.43. The summed E-state index contributed by atoms with van der Waals surface area (Å²) in [5.74, 6) is -0.0323. The van der Waals surface area contributed by atoms with Crippen molar-refractivity contribution in [2.24, 2.45) is 15.1 Å². The third-order valence-electron chi connectivity index (χ3n) is 3.61. The number of carbonyl (C=O) groups is 1. The highest BCUT2D eigenvalue weighted by molar-refractivity contribution is 7.91. The van der Waals surface area contributed by atoms with E-state index in [0.29, 0.717) is 22.6 Å². The van der Waals surface area contributed by atoms with Crippen LogP contribution in [0.15, 0.2) is 39.2 Å². The van der Waals surface area contributed by atoms with Gasteiger partial charge in [-0.15, -0.1) is 4.40 Å². The number of anilines is 1. The van der Waals surface area contributed by atoms with Crippen LogP contribution in [0.2, 0.25) is 0 Å². The smallest absolute Gasteiger partial charge is 0.344 e. The molecular weight excluding hydrogens is 370 g/mol. The molecule has 146 valence electrons. The first kappa shape index (κ1) is 20.4. The zero-order valence-electron chi connectivity index (χ0n) is 15.6. The number of nitrogens with one attached hydrogen (secondary N) is 2. The Hall–Kier alpha value is -2.88. The van der Waals surface area contributed by atoms with E-state index in [1.165, 1.54) is 6.21 Å². The molecular formula is C17H23N5O4S.